The van der Waals surface area contributed by atoms with E-state index in [1.54, 1.807) is 25.2 Å². The van der Waals surface area contributed by atoms with Gasteiger partial charge in [-0.2, -0.15) is 0 Å². The van der Waals surface area contributed by atoms with Crippen LogP contribution in [0.15, 0.2) is 36.2 Å². The number of hydrogen-bond acceptors (Lipinski definition) is 4. The number of hydrogen-bond donors (Lipinski definition) is 0. The van der Waals surface area contributed by atoms with E-state index in [9.17, 15) is 4.79 Å². The summed E-state index contributed by atoms with van der Waals surface area (Å²) >= 11 is 0. The number of benzene rings is 1. The predicted octanol–water partition coefficient (Wildman–Crippen LogP) is 2.71. The second-order valence-corrected chi connectivity index (χ2v) is 5.69. The molecule has 22 heavy (non-hydrogen) atoms. The van der Waals surface area contributed by atoms with Gasteiger partial charge >= 0.3 is 0 Å². The molecular formula is C17H23NO4. The Hall–Kier alpha value is -2.01. The first-order valence-electron chi connectivity index (χ1n) is 7.33. The van der Waals surface area contributed by atoms with Crippen LogP contribution in [0.3, 0.4) is 0 Å². The van der Waals surface area contributed by atoms with Crippen molar-refractivity contribution in [3.8, 4) is 5.75 Å². The summed E-state index contributed by atoms with van der Waals surface area (Å²) in [4.78, 5) is 13.6. The zero-order valence-corrected chi connectivity index (χ0v) is 13.6. The maximum atomic E-state index is 11.9. The summed E-state index contributed by atoms with van der Waals surface area (Å²) in [5.74, 6) is 0.150. The fraction of sp³-hybridized carbons (Fsp3) is 0.471. The van der Waals surface area contributed by atoms with Gasteiger partial charge < -0.3 is 19.1 Å². The minimum absolute atomic E-state index is 0.0268. The molecule has 0 saturated heterocycles. The van der Waals surface area contributed by atoms with Crippen LogP contribution in [0.5, 0.6) is 5.75 Å². The van der Waals surface area contributed by atoms with E-state index >= 15 is 0 Å². The molecule has 5 heteroatoms. The second-order valence-electron chi connectivity index (χ2n) is 5.69. The van der Waals surface area contributed by atoms with Crippen LogP contribution in [-0.4, -0.2) is 36.9 Å². The molecule has 0 atom stereocenters. The Morgan fingerprint density at radius 3 is 2.77 bits per heavy atom. The molecule has 0 bridgehead atoms. The van der Waals surface area contributed by atoms with Crippen LogP contribution in [0.4, 0.5) is 0 Å². The molecule has 5 nitrogen and oxygen atoms in total. The SMILES string of the molecule is COc1cccc(CCN(C(C)=O)C2=COC(C)(C)OC2)c1. The maximum Gasteiger partial charge on any atom is 0.223 e. The molecule has 0 N–H and O–H groups in total. The Balaban J connectivity index is 2.03. The highest BCUT2D eigenvalue weighted by Crippen LogP contribution is 2.22. The molecule has 1 heterocycles. The van der Waals surface area contributed by atoms with Gasteiger partial charge in [0.1, 0.15) is 12.0 Å². The minimum Gasteiger partial charge on any atom is -0.497 e. The van der Waals surface area contributed by atoms with Crippen molar-refractivity contribution < 1.29 is 19.0 Å². The quantitative estimate of drug-likeness (QED) is 0.839. The Labute approximate surface area is 131 Å². The molecule has 1 aliphatic heterocycles. The van der Waals surface area contributed by atoms with Crippen LogP contribution in [0.25, 0.3) is 0 Å². The predicted molar refractivity (Wildman–Crippen MR) is 83.3 cm³/mol. The summed E-state index contributed by atoms with van der Waals surface area (Å²) in [7, 11) is 1.64. The molecule has 1 aromatic rings. The molecule has 1 amide bonds. The highest BCUT2D eigenvalue weighted by molar-refractivity contribution is 5.75. The van der Waals surface area contributed by atoms with Crippen LogP contribution in [0.2, 0.25) is 0 Å². The molecule has 0 fully saturated rings. The van der Waals surface area contributed by atoms with Gasteiger partial charge in [0.25, 0.3) is 0 Å². The molecule has 0 aliphatic carbocycles. The number of methoxy groups -OCH3 is 1. The standard InChI is InChI=1S/C17H23NO4/c1-13(19)18(15-11-21-17(2,3)22-12-15)9-8-14-6-5-7-16(10-14)20-4/h5-7,10-11H,8-9,12H2,1-4H3. The van der Waals surface area contributed by atoms with E-state index in [0.29, 0.717) is 13.2 Å². The topological polar surface area (TPSA) is 48.0 Å². The lowest BCUT2D eigenvalue weighted by Gasteiger charge is -2.33. The van der Waals surface area contributed by atoms with Crippen molar-refractivity contribution in [1.82, 2.24) is 4.90 Å². The minimum atomic E-state index is -0.640. The zero-order chi connectivity index (χ0) is 16.2. The first-order chi connectivity index (χ1) is 10.4. The van der Waals surface area contributed by atoms with E-state index in [0.717, 1.165) is 23.4 Å². The number of nitrogens with zero attached hydrogens (tertiary/aromatic N) is 1. The van der Waals surface area contributed by atoms with Crippen molar-refractivity contribution in [2.45, 2.75) is 33.0 Å². The number of rotatable bonds is 5. The van der Waals surface area contributed by atoms with Crippen molar-refractivity contribution in [2.24, 2.45) is 0 Å². The van der Waals surface area contributed by atoms with Crippen LogP contribution in [0, 0.1) is 0 Å². The lowest BCUT2D eigenvalue weighted by molar-refractivity contribution is -0.194. The van der Waals surface area contributed by atoms with Gasteiger partial charge in [0.2, 0.25) is 11.7 Å². The number of ether oxygens (including phenoxy) is 3. The fourth-order valence-corrected chi connectivity index (χ4v) is 2.24. The third kappa shape index (κ3) is 4.24. The zero-order valence-electron chi connectivity index (χ0n) is 13.6. The molecule has 120 valence electrons. The molecule has 1 aliphatic rings. The van der Waals surface area contributed by atoms with Gasteiger partial charge in [-0.3, -0.25) is 4.79 Å². The number of amides is 1. The highest BCUT2D eigenvalue weighted by atomic mass is 16.7. The fourth-order valence-electron chi connectivity index (χ4n) is 2.24. The van der Waals surface area contributed by atoms with Gasteiger partial charge in [-0.05, 0) is 24.1 Å². The van der Waals surface area contributed by atoms with Crippen molar-refractivity contribution in [1.29, 1.82) is 0 Å². The van der Waals surface area contributed by atoms with Crippen molar-refractivity contribution in [3.05, 3.63) is 41.8 Å². The van der Waals surface area contributed by atoms with Crippen LogP contribution < -0.4 is 4.74 Å². The largest absolute Gasteiger partial charge is 0.497 e. The van der Waals surface area contributed by atoms with E-state index in [1.165, 1.54) is 0 Å². The van der Waals surface area contributed by atoms with Crippen LogP contribution >= 0.6 is 0 Å². The van der Waals surface area contributed by atoms with E-state index in [-0.39, 0.29) is 5.91 Å². The van der Waals surface area contributed by atoms with Gasteiger partial charge in [0, 0.05) is 27.3 Å². The molecule has 0 aromatic heterocycles. The van der Waals surface area contributed by atoms with E-state index in [4.69, 9.17) is 14.2 Å². The Bertz CT molecular complexity index is 566. The van der Waals surface area contributed by atoms with E-state index in [1.807, 2.05) is 38.1 Å². The molecule has 0 spiro atoms. The summed E-state index contributed by atoms with van der Waals surface area (Å²) < 4.78 is 16.3. The highest BCUT2D eigenvalue weighted by Gasteiger charge is 2.27. The lowest BCUT2D eigenvalue weighted by atomic mass is 10.1. The van der Waals surface area contributed by atoms with Crippen molar-refractivity contribution in [2.75, 3.05) is 20.3 Å². The van der Waals surface area contributed by atoms with E-state index in [2.05, 4.69) is 0 Å². The lowest BCUT2D eigenvalue weighted by Crippen LogP contribution is -2.39. The van der Waals surface area contributed by atoms with Gasteiger partial charge in [0.05, 0.1) is 19.4 Å². The van der Waals surface area contributed by atoms with Crippen molar-refractivity contribution >= 4 is 5.91 Å². The van der Waals surface area contributed by atoms with Gasteiger partial charge in [0.15, 0.2) is 0 Å². The molecular weight excluding hydrogens is 282 g/mol. The summed E-state index contributed by atoms with van der Waals surface area (Å²) in [5, 5.41) is 0. The molecule has 2 rings (SSSR count). The monoisotopic (exact) mass is 305 g/mol. The second kappa shape index (κ2) is 6.83. The summed E-state index contributed by atoms with van der Waals surface area (Å²) in [6.45, 7) is 6.17. The number of carbonyl (C=O) groups excluding carboxylic acids is 1. The molecule has 0 saturated carbocycles. The molecule has 0 unspecified atom stereocenters. The molecule has 1 aromatic carbocycles. The number of carbonyl (C=O) groups is 1. The molecule has 0 radical (unpaired) electrons. The first-order valence-corrected chi connectivity index (χ1v) is 7.33. The normalized spacial score (nSPS) is 16.5. The Morgan fingerprint density at radius 2 is 2.18 bits per heavy atom. The van der Waals surface area contributed by atoms with Gasteiger partial charge in [-0.1, -0.05) is 12.1 Å². The van der Waals surface area contributed by atoms with Gasteiger partial charge in [-0.15, -0.1) is 0 Å². The van der Waals surface area contributed by atoms with Crippen LogP contribution in [-0.2, 0) is 20.7 Å². The average Bonchev–Trinajstić information content (AvgIpc) is 2.49. The van der Waals surface area contributed by atoms with Crippen LogP contribution in [0.1, 0.15) is 26.3 Å². The van der Waals surface area contributed by atoms with Gasteiger partial charge in [-0.25, -0.2) is 0 Å². The average molecular weight is 305 g/mol. The Kier molecular flexibility index (Phi) is 5.08. The first kappa shape index (κ1) is 16.4. The summed E-state index contributed by atoms with van der Waals surface area (Å²) in [5.41, 5.74) is 1.86. The summed E-state index contributed by atoms with van der Waals surface area (Å²) in [6.07, 6.45) is 2.36. The Morgan fingerprint density at radius 1 is 1.41 bits per heavy atom. The smallest absolute Gasteiger partial charge is 0.223 e. The summed E-state index contributed by atoms with van der Waals surface area (Å²) in [6, 6.07) is 7.84. The third-order valence-electron chi connectivity index (χ3n) is 3.53. The maximum absolute atomic E-state index is 11.9. The van der Waals surface area contributed by atoms with Crippen molar-refractivity contribution in [3.63, 3.8) is 0 Å². The third-order valence-corrected chi connectivity index (χ3v) is 3.53. The van der Waals surface area contributed by atoms with E-state index < -0.39 is 5.79 Å².